The summed E-state index contributed by atoms with van der Waals surface area (Å²) in [6.07, 6.45) is 2.16. The molecule has 0 aromatic heterocycles. The second kappa shape index (κ2) is 7.92. The van der Waals surface area contributed by atoms with Crippen molar-refractivity contribution in [1.29, 1.82) is 0 Å². The van der Waals surface area contributed by atoms with Crippen LogP contribution in [-0.2, 0) is 4.79 Å². The molecule has 5 heteroatoms. The largest absolute Gasteiger partial charge is 0.324 e. The summed E-state index contributed by atoms with van der Waals surface area (Å²) in [7, 11) is 0. The third-order valence-corrected chi connectivity index (χ3v) is 4.76. The lowest BCUT2D eigenvalue weighted by molar-refractivity contribution is -0.118. The molecule has 0 bridgehead atoms. The van der Waals surface area contributed by atoms with Crippen LogP contribution in [0.15, 0.2) is 28.7 Å². The minimum absolute atomic E-state index is 0.0529. The van der Waals surface area contributed by atoms with Crippen LogP contribution in [0, 0.1) is 0 Å². The normalized spacial score (nSPS) is 23.0. The van der Waals surface area contributed by atoms with E-state index in [9.17, 15) is 4.79 Å². The summed E-state index contributed by atoms with van der Waals surface area (Å²) in [5.41, 5.74) is 0.831. The Kier molecular flexibility index (Phi) is 6.21. The quantitative estimate of drug-likeness (QED) is 0.855. The Morgan fingerprint density at radius 2 is 2.14 bits per heavy atom. The number of piperazine rings is 1. The molecule has 0 radical (unpaired) electrons. The molecule has 21 heavy (non-hydrogen) atoms. The number of halogens is 1. The van der Waals surface area contributed by atoms with Gasteiger partial charge in [0.05, 0.1) is 12.2 Å². The van der Waals surface area contributed by atoms with Gasteiger partial charge in [-0.1, -0.05) is 26.0 Å². The average Bonchev–Trinajstić information content (AvgIpc) is 2.49. The van der Waals surface area contributed by atoms with Gasteiger partial charge in [0.25, 0.3) is 0 Å². The predicted molar refractivity (Wildman–Crippen MR) is 90.5 cm³/mol. The molecule has 0 saturated carbocycles. The Morgan fingerprint density at radius 1 is 1.38 bits per heavy atom. The van der Waals surface area contributed by atoms with Crippen molar-refractivity contribution in [2.75, 3.05) is 25.0 Å². The summed E-state index contributed by atoms with van der Waals surface area (Å²) < 4.78 is 0.914. The number of nitrogens with one attached hydrogen (secondary N) is 2. The molecule has 1 aromatic rings. The van der Waals surface area contributed by atoms with Gasteiger partial charge >= 0.3 is 0 Å². The Bertz CT molecular complexity index is 480. The van der Waals surface area contributed by atoms with Crippen LogP contribution in [0.4, 0.5) is 5.69 Å². The molecule has 2 unspecified atom stereocenters. The van der Waals surface area contributed by atoms with Gasteiger partial charge in [0.15, 0.2) is 0 Å². The van der Waals surface area contributed by atoms with Crippen LogP contribution in [0.3, 0.4) is 0 Å². The van der Waals surface area contributed by atoms with Crippen LogP contribution in [-0.4, -0.2) is 42.5 Å². The number of nitrogens with zero attached hydrogens (tertiary/aromatic N) is 1. The van der Waals surface area contributed by atoms with Gasteiger partial charge < -0.3 is 10.6 Å². The molecule has 4 nitrogen and oxygen atoms in total. The monoisotopic (exact) mass is 353 g/mol. The fourth-order valence-electron chi connectivity index (χ4n) is 2.73. The van der Waals surface area contributed by atoms with E-state index in [1.807, 2.05) is 24.3 Å². The van der Waals surface area contributed by atoms with Crippen LogP contribution in [0.1, 0.15) is 26.7 Å². The molecule has 1 heterocycles. The summed E-state index contributed by atoms with van der Waals surface area (Å²) >= 11 is 3.46. The highest BCUT2D eigenvalue weighted by Gasteiger charge is 2.27. The molecule has 1 fully saturated rings. The van der Waals surface area contributed by atoms with Crippen molar-refractivity contribution in [3.05, 3.63) is 28.7 Å². The van der Waals surface area contributed by atoms with Crippen molar-refractivity contribution in [3.8, 4) is 0 Å². The third-order valence-electron chi connectivity index (χ3n) is 4.07. The van der Waals surface area contributed by atoms with E-state index in [4.69, 9.17) is 0 Å². The van der Waals surface area contributed by atoms with E-state index in [1.165, 1.54) is 0 Å². The maximum absolute atomic E-state index is 12.3. The smallest absolute Gasteiger partial charge is 0.238 e. The predicted octanol–water partition coefficient (Wildman–Crippen LogP) is 2.85. The molecule has 0 spiro atoms. The fourth-order valence-corrected chi connectivity index (χ4v) is 3.12. The molecule has 2 N–H and O–H groups in total. The second-order valence-electron chi connectivity index (χ2n) is 5.53. The number of amides is 1. The van der Waals surface area contributed by atoms with Gasteiger partial charge in [0, 0.05) is 29.6 Å². The number of carbonyl (C=O) groups is 1. The van der Waals surface area contributed by atoms with Gasteiger partial charge in [-0.05, 0) is 40.9 Å². The molecule has 2 rings (SSSR count). The van der Waals surface area contributed by atoms with Gasteiger partial charge in [0.2, 0.25) is 5.91 Å². The van der Waals surface area contributed by atoms with Crippen LogP contribution in [0.2, 0.25) is 0 Å². The first kappa shape index (κ1) is 16.5. The van der Waals surface area contributed by atoms with Gasteiger partial charge in [-0.3, -0.25) is 9.69 Å². The lowest BCUT2D eigenvalue weighted by atomic mass is 10.1. The van der Waals surface area contributed by atoms with Crippen molar-refractivity contribution >= 4 is 27.5 Å². The molecular formula is C16H24BrN3O. The number of carbonyl (C=O) groups excluding carboxylic acids is 1. The molecular weight excluding hydrogens is 330 g/mol. The van der Waals surface area contributed by atoms with Crippen LogP contribution in [0.5, 0.6) is 0 Å². The number of anilines is 1. The average molecular weight is 354 g/mol. The minimum atomic E-state index is 0.0529. The van der Waals surface area contributed by atoms with Crippen molar-refractivity contribution in [2.24, 2.45) is 0 Å². The van der Waals surface area contributed by atoms with Crippen LogP contribution in [0.25, 0.3) is 0 Å². The van der Waals surface area contributed by atoms with Gasteiger partial charge in [-0.15, -0.1) is 0 Å². The molecule has 1 amide bonds. The van der Waals surface area contributed by atoms with E-state index in [1.54, 1.807) is 0 Å². The van der Waals surface area contributed by atoms with Crippen molar-refractivity contribution in [3.63, 3.8) is 0 Å². The van der Waals surface area contributed by atoms with Gasteiger partial charge in [-0.25, -0.2) is 0 Å². The van der Waals surface area contributed by atoms with Gasteiger partial charge in [0.1, 0.15) is 0 Å². The Hall–Kier alpha value is -0.910. The van der Waals surface area contributed by atoms with Gasteiger partial charge in [-0.2, -0.15) is 0 Å². The Morgan fingerprint density at radius 3 is 2.81 bits per heavy atom. The molecule has 1 aliphatic heterocycles. The first-order valence-corrected chi connectivity index (χ1v) is 8.45. The van der Waals surface area contributed by atoms with E-state index in [-0.39, 0.29) is 5.91 Å². The molecule has 1 aromatic carbocycles. The zero-order valence-electron chi connectivity index (χ0n) is 12.7. The summed E-state index contributed by atoms with van der Waals surface area (Å²) in [5, 5.41) is 6.54. The molecule has 0 aliphatic carbocycles. The number of para-hydroxylation sites is 1. The highest BCUT2D eigenvalue weighted by atomic mass is 79.9. The number of hydrogen-bond donors (Lipinski definition) is 2. The van der Waals surface area contributed by atoms with E-state index in [0.29, 0.717) is 18.6 Å². The van der Waals surface area contributed by atoms with Crippen molar-refractivity contribution in [1.82, 2.24) is 10.2 Å². The Labute approximate surface area is 135 Å². The highest BCUT2D eigenvalue weighted by molar-refractivity contribution is 9.10. The topological polar surface area (TPSA) is 44.4 Å². The number of rotatable bonds is 5. The summed E-state index contributed by atoms with van der Waals surface area (Å²) in [4.78, 5) is 14.6. The lowest BCUT2D eigenvalue weighted by Gasteiger charge is -2.39. The van der Waals surface area contributed by atoms with E-state index >= 15 is 0 Å². The van der Waals surface area contributed by atoms with Crippen LogP contribution < -0.4 is 10.6 Å². The zero-order valence-corrected chi connectivity index (χ0v) is 14.3. The zero-order chi connectivity index (χ0) is 15.2. The van der Waals surface area contributed by atoms with Crippen molar-refractivity contribution < 1.29 is 4.79 Å². The van der Waals surface area contributed by atoms with E-state index in [0.717, 1.165) is 36.1 Å². The minimum Gasteiger partial charge on any atom is -0.324 e. The first-order valence-electron chi connectivity index (χ1n) is 7.65. The first-order chi connectivity index (χ1) is 10.1. The molecule has 2 atom stereocenters. The third kappa shape index (κ3) is 4.53. The van der Waals surface area contributed by atoms with E-state index < -0.39 is 0 Å². The Balaban J connectivity index is 1.95. The number of hydrogen-bond acceptors (Lipinski definition) is 3. The summed E-state index contributed by atoms with van der Waals surface area (Å²) in [5.74, 6) is 0.0529. The fraction of sp³-hybridized carbons (Fsp3) is 0.562. The molecule has 116 valence electrons. The number of benzene rings is 1. The standard InChI is InChI=1S/C16H24BrN3O/c1-3-12-10-20(13(4-2)9-18-12)11-16(21)19-15-8-6-5-7-14(15)17/h5-8,12-13,18H,3-4,9-11H2,1-2H3,(H,19,21). The van der Waals surface area contributed by atoms with Crippen molar-refractivity contribution in [2.45, 2.75) is 38.8 Å². The SMILES string of the molecule is CCC1CN(CC(=O)Nc2ccccc2Br)C(CC)CN1. The molecule has 1 aliphatic rings. The highest BCUT2D eigenvalue weighted by Crippen LogP contribution is 2.21. The lowest BCUT2D eigenvalue weighted by Crippen LogP contribution is -2.57. The second-order valence-corrected chi connectivity index (χ2v) is 6.39. The molecule has 1 saturated heterocycles. The maximum atomic E-state index is 12.3. The van der Waals surface area contributed by atoms with E-state index in [2.05, 4.69) is 45.3 Å². The van der Waals surface area contributed by atoms with Crippen LogP contribution >= 0.6 is 15.9 Å². The maximum Gasteiger partial charge on any atom is 0.238 e. The summed E-state index contributed by atoms with van der Waals surface area (Å²) in [6, 6.07) is 8.64. The summed E-state index contributed by atoms with van der Waals surface area (Å²) in [6.45, 7) is 6.73.